The number of hydrogen-bond donors (Lipinski definition) is 1. The second kappa shape index (κ2) is 6.55. The summed E-state index contributed by atoms with van der Waals surface area (Å²) in [6.45, 7) is 0.652. The third-order valence-electron chi connectivity index (χ3n) is 4.78. The number of carbonyl (C=O) groups is 1. The van der Waals surface area contributed by atoms with E-state index in [1.54, 1.807) is 24.5 Å². The van der Waals surface area contributed by atoms with Crippen LogP contribution in [0.15, 0.2) is 51.9 Å². The van der Waals surface area contributed by atoms with Gasteiger partial charge in [-0.2, -0.15) is 5.10 Å². The molecule has 0 aliphatic carbocycles. The molecule has 1 amide bonds. The Hall–Kier alpha value is -2.89. The maximum atomic E-state index is 13.3. The molecule has 1 aliphatic heterocycles. The first-order valence-corrected chi connectivity index (χ1v) is 8.57. The topological polar surface area (TPSA) is 79.2 Å². The van der Waals surface area contributed by atoms with E-state index >= 15 is 0 Å². The molecule has 0 spiro atoms. The lowest BCUT2D eigenvalue weighted by Crippen LogP contribution is -2.36. The highest BCUT2D eigenvalue weighted by Crippen LogP contribution is 2.32. The molecule has 3 aromatic rings. The number of aromatic amines is 1. The van der Waals surface area contributed by atoms with E-state index in [1.165, 1.54) is 0 Å². The van der Waals surface area contributed by atoms with Crippen molar-refractivity contribution in [1.29, 1.82) is 0 Å². The van der Waals surface area contributed by atoms with E-state index in [9.17, 15) is 9.59 Å². The van der Waals surface area contributed by atoms with Crippen molar-refractivity contribution in [3.8, 4) is 0 Å². The van der Waals surface area contributed by atoms with Crippen LogP contribution in [0.25, 0.3) is 10.8 Å². The molecule has 25 heavy (non-hydrogen) atoms. The molecule has 128 valence electrons. The highest BCUT2D eigenvalue weighted by atomic mass is 16.3. The van der Waals surface area contributed by atoms with E-state index < -0.39 is 0 Å². The summed E-state index contributed by atoms with van der Waals surface area (Å²) in [6, 6.07) is 10.7. The molecule has 4 rings (SSSR count). The second-order valence-corrected chi connectivity index (χ2v) is 6.33. The Morgan fingerprint density at radius 3 is 2.76 bits per heavy atom. The molecular formula is C19H19N3O3. The van der Waals surface area contributed by atoms with Gasteiger partial charge < -0.3 is 9.32 Å². The quantitative estimate of drug-likeness (QED) is 0.778. The second-order valence-electron chi connectivity index (χ2n) is 6.33. The van der Waals surface area contributed by atoms with Gasteiger partial charge in [-0.1, -0.05) is 31.0 Å². The Bertz CT molecular complexity index is 946. The summed E-state index contributed by atoms with van der Waals surface area (Å²) < 4.78 is 5.58. The fraction of sp³-hybridized carbons (Fsp3) is 0.316. The van der Waals surface area contributed by atoms with Crippen LogP contribution in [0.3, 0.4) is 0 Å². The molecule has 6 nitrogen and oxygen atoms in total. The first-order valence-electron chi connectivity index (χ1n) is 8.57. The Kier molecular flexibility index (Phi) is 4.09. The molecule has 3 heterocycles. The number of nitrogens with zero attached hydrogens (tertiary/aromatic N) is 2. The van der Waals surface area contributed by atoms with Gasteiger partial charge in [-0.25, -0.2) is 5.10 Å². The molecule has 0 unspecified atom stereocenters. The van der Waals surface area contributed by atoms with Gasteiger partial charge in [-0.15, -0.1) is 0 Å². The zero-order valence-electron chi connectivity index (χ0n) is 13.8. The third-order valence-corrected chi connectivity index (χ3v) is 4.78. The van der Waals surface area contributed by atoms with Crippen LogP contribution in [0, 0.1) is 0 Å². The van der Waals surface area contributed by atoms with Crippen molar-refractivity contribution >= 4 is 16.7 Å². The minimum absolute atomic E-state index is 0.0995. The van der Waals surface area contributed by atoms with Gasteiger partial charge in [0.05, 0.1) is 17.7 Å². The first kappa shape index (κ1) is 15.6. The van der Waals surface area contributed by atoms with Crippen LogP contribution in [-0.2, 0) is 0 Å². The highest BCUT2D eigenvalue weighted by molar-refractivity contribution is 6.04. The fourth-order valence-electron chi connectivity index (χ4n) is 3.54. The van der Waals surface area contributed by atoms with Crippen molar-refractivity contribution in [1.82, 2.24) is 15.1 Å². The minimum Gasteiger partial charge on any atom is -0.467 e. The van der Waals surface area contributed by atoms with Crippen LogP contribution in [0.2, 0.25) is 0 Å². The van der Waals surface area contributed by atoms with Crippen molar-refractivity contribution in [3.05, 3.63) is 64.5 Å². The number of benzene rings is 1. The number of hydrogen-bond acceptors (Lipinski definition) is 4. The Balaban J connectivity index is 1.78. The Morgan fingerprint density at radius 2 is 1.96 bits per heavy atom. The maximum absolute atomic E-state index is 13.3. The average Bonchev–Trinajstić information content (AvgIpc) is 3.06. The number of H-pyrrole nitrogens is 1. The van der Waals surface area contributed by atoms with Gasteiger partial charge in [-0.05, 0) is 31.0 Å². The zero-order chi connectivity index (χ0) is 17.2. The van der Waals surface area contributed by atoms with Crippen LogP contribution in [-0.4, -0.2) is 27.5 Å². The molecule has 6 heteroatoms. The van der Waals surface area contributed by atoms with Gasteiger partial charge in [0.1, 0.15) is 5.76 Å². The average molecular weight is 337 g/mol. The lowest BCUT2D eigenvalue weighted by Gasteiger charge is -2.28. The predicted molar refractivity (Wildman–Crippen MR) is 93.3 cm³/mol. The molecule has 0 radical (unpaired) electrons. The van der Waals surface area contributed by atoms with Gasteiger partial charge in [-0.3, -0.25) is 9.59 Å². The Labute approximate surface area is 144 Å². The van der Waals surface area contributed by atoms with E-state index in [0.29, 0.717) is 17.3 Å². The van der Waals surface area contributed by atoms with Gasteiger partial charge in [0.2, 0.25) is 0 Å². The molecule has 1 atom stereocenters. The molecular weight excluding hydrogens is 318 g/mol. The summed E-state index contributed by atoms with van der Waals surface area (Å²) in [5.41, 5.74) is -0.000688. The molecule has 1 aliphatic rings. The van der Waals surface area contributed by atoms with Crippen LogP contribution in [0.1, 0.15) is 48.0 Å². The summed E-state index contributed by atoms with van der Waals surface area (Å²) in [6.07, 6.45) is 5.58. The summed E-state index contributed by atoms with van der Waals surface area (Å²) in [7, 11) is 0. The molecule has 1 saturated heterocycles. The normalized spacial score (nSPS) is 18.2. The lowest BCUT2D eigenvalue weighted by atomic mass is 10.1. The SMILES string of the molecule is O=C(c1n[nH]c(=O)c2ccccc12)N1CCCCC[C@H]1c1ccco1. The number of aromatic nitrogens is 2. The van der Waals surface area contributed by atoms with E-state index in [0.717, 1.165) is 31.4 Å². The van der Waals surface area contributed by atoms with Crippen molar-refractivity contribution in [2.24, 2.45) is 0 Å². The van der Waals surface area contributed by atoms with Gasteiger partial charge in [0.15, 0.2) is 5.69 Å². The number of fused-ring (bicyclic) bond motifs is 1. The molecule has 0 saturated carbocycles. The molecule has 1 N–H and O–H groups in total. The number of amides is 1. The van der Waals surface area contributed by atoms with Crippen molar-refractivity contribution in [2.45, 2.75) is 31.7 Å². The largest absolute Gasteiger partial charge is 0.467 e. The standard InChI is InChI=1S/C19H19N3O3/c23-18-14-8-4-3-7-13(14)17(20-21-18)19(24)22-11-5-1-2-9-15(22)16-10-6-12-25-16/h3-4,6-8,10,12,15H,1-2,5,9,11H2,(H,21,23)/t15-/m0/s1. The van der Waals surface area contributed by atoms with Crippen molar-refractivity contribution in [2.75, 3.05) is 6.54 Å². The van der Waals surface area contributed by atoms with Crippen molar-refractivity contribution in [3.63, 3.8) is 0 Å². The smallest absolute Gasteiger partial charge is 0.275 e. The fourth-order valence-corrected chi connectivity index (χ4v) is 3.54. The number of likely N-dealkylation sites (tertiary alicyclic amines) is 1. The number of nitrogens with one attached hydrogen (secondary N) is 1. The highest BCUT2D eigenvalue weighted by Gasteiger charge is 2.31. The van der Waals surface area contributed by atoms with Crippen molar-refractivity contribution < 1.29 is 9.21 Å². The number of rotatable bonds is 2. The van der Waals surface area contributed by atoms with Crippen LogP contribution >= 0.6 is 0 Å². The number of carbonyl (C=O) groups excluding carboxylic acids is 1. The van der Waals surface area contributed by atoms with Gasteiger partial charge in [0.25, 0.3) is 11.5 Å². The van der Waals surface area contributed by atoms with Crippen LogP contribution < -0.4 is 5.56 Å². The monoisotopic (exact) mass is 337 g/mol. The van der Waals surface area contributed by atoms with Crippen LogP contribution in [0.5, 0.6) is 0 Å². The van der Waals surface area contributed by atoms with Gasteiger partial charge in [0, 0.05) is 11.9 Å². The zero-order valence-corrected chi connectivity index (χ0v) is 13.8. The first-order chi connectivity index (χ1) is 12.3. The predicted octanol–water partition coefficient (Wildman–Crippen LogP) is 3.27. The Morgan fingerprint density at radius 1 is 1.12 bits per heavy atom. The summed E-state index contributed by atoms with van der Waals surface area (Å²) in [4.78, 5) is 27.1. The maximum Gasteiger partial charge on any atom is 0.275 e. The number of furan rings is 1. The summed E-state index contributed by atoms with van der Waals surface area (Å²) >= 11 is 0. The minimum atomic E-state index is -0.286. The molecule has 0 bridgehead atoms. The summed E-state index contributed by atoms with van der Waals surface area (Å²) in [5, 5.41) is 7.58. The molecule has 1 fully saturated rings. The summed E-state index contributed by atoms with van der Waals surface area (Å²) in [5.74, 6) is 0.625. The van der Waals surface area contributed by atoms with E-state index in [2.05, 4.69) is 10.2 Å². The van der Waals surface area contributed by atoms with E-state index in [1.807, 2.05) is 23.1 Å². The van der Waals surface area contributed by atoms with E-state index in [4.69, 9.17) is 4.42 Å². The molecule has 2 aromatic heterocycles. The van der Waals surface area contributed by atoms with Gasteiger partial charge >= 0.3 is 0 Å². The van der Waals surface area contributed by atoms with Crippen LogP contribution in [0.4, 0.5) is 0 Å². The third kappa shape index (κ3) is 2.84. The molecule has 1 aromatic carbocycles. The lowest BCUT2D eigenvalue weighted by molar-refractivity contribution is 0.0653. The van der Waals surface area contributed by atoms with E-state index in [-0.39, 0.29) is 23.2 Å².